The van der Waals surface area contributed by atoms with Crippen LogP contribution in [0.5, 0.6) is 0 Å². The van der Waals surface area contributed by atoms with E-state index in [0.717, 1.165) is 22.5 Å². The monoisotopic (exact) mass is 729 g/mol. The van der Waals surface area contributed by atoms with Gasteiger partial charge in [-0.15, -0.1) is 0 Å². The largest absolute Gasteiger partial charge is 0.447 e. The normalized spacial score (nSPS) is 19.2. The molecule has 2 atom stereocenters. The lowest BCUT2D eigenvalue weighted by atomic mass is 9.92. The zero-order chi connectivity index (χ0) is 36.7. The summed E-state index contributed by atoms with van der Waals surface area (Å²) in [5.74, 6) is -1.06. The van der Waals surface area contributed by atoms with Gasteiger partial charge in [0, 0.05) is 25.4 Å². The Morgan fingerprint density at radius 3 is 2.45 bits per heavy atom. The summed E-state index contributed by atoms with van der Waals surface area (Å²) < 4.78 is 65.6. The number of hydrogen-bond donors (Lipinski definition) is 2. The summed E-state index contributed by atoms with van der Waals surface area (Å²) in [4.78, 5) is 37.5. The fourth-order valence-corrected chi connectivity index (χ4v) is 5.85. The van der Waals surface area contributed by atoms with E-state index in [1.54, 1.807) is 48.3 Å². The number of benzene rings is 2. The van der Waals surface area contributed by atoms with Crippen molar-refractivity contribution in [3.05, 3.63) is 83.0 Å². The van der Waals surface area contributed by atoms with Gasteiger partial charge < -0.3 is 15.4 Å². The highest BCUT2D eigenvalue weighted by Gasteiger charge is 2.64. The first kappa shape index (κ1) is 35.8. The number of alkyl halides is 4. The van der Waals surface area contributed by atoms with Gasteiger partial charge in [-0.2, -0.15) is 23.4 Å². The molecule has 0 spiro atoms. The second kappa shape index (κ2) is 13.6. The van der Waals surface area contributed by atoms with E-state index < -0.39 is 42.7 Å². The molecule has 1 unspecified atom stereocenters. The number of alkyl carbamates (subject to hydrolysis) is 1. The maximum absolute atomic E-state index is 16.3. The number of nitrogens with one attached hydrogen (secondary N) is 2. The van der Waals surface area contributed by atoms with E-state index in [-0.39, 0.29) is 52.9 Å². The van der Waals surface area contributed by atoms with Gasteiger partial charge in [0.1, 0.15) is 18.5 Å². The Labute approximate surface area is 295 Å². The van der Waals surface area contributed by atoms with Crippen molar-refractivity contribution in [1.82, 2.24) is 40.1 Å². The number of nitrogens with zero attached hydrogens (tertiary/aromatic N) is 7. The number of hydrogen-bond acceptors (Lipinski definition) is 7. The number of aliphatic imine (C=N–C) groups is 1. The minimum absolute atomic E-state index is 0.155. The summed E-state index contributed by atoms with van der Waals surface area (Å²) in [6.45, 7) is 5.51. The van der Waals surface area contributed by atoms with E-state index in [1.165, 1.54) is 16.8 Å². The number of halogens is 5. The van der Waals surface area contributed by atoms with Crippen LogP contribution in [0, 0.1) is 5.41 Å². The molecule has 1 saturated carbocycles. The number of ether oxygens (including phenoxy) is 1. The first-order valence-electron chi connectivity index (χ1n) is 16.2. The van der Waals surface area contributed by atoms with Gasteiger partial charge in [-0.1, -0.05) is 50.6 Å². The molecular weight excluding hydrogens is 694 g/mol. The van der Waals surface area contributed by atoms with Gasteiger partial charge in [-0.3, -0.25) is 19.4 Å². The van der Waals surface area contributed by atoms with E-state index in [9.17, 15) is 22.8 Å². The van der Waals surface area contributed by atoms with Gasteiger partial charge in [0.05, 0.1) is 22.4 Å². The van der Waals surface area contributed by atoms with Crippen molar-refractivity contribution < 1.29 is 31.9 Å². The molecule has 17 heteroatoms. The third kappa shape index (κ3) is 7.55. The molecule has 1 aliphatic heterocycles. The van der Waals surface area contributed by atoms with E-state index in [1.807, 2.05) is 32.2 Å². The lowest BCUT2D eigenvalue weighted by molar-refractivity contribution is -0.164. The van der Waals surface area contributed by atoms with Gasteiger partial charge in [-0.05, 0) is 66.1 Å². The van der Waals surface area contributed by atoms with Crippen molar-refractivity contribution in [2.24, 2.45) is 17.5 Å². The SMILES string of the molecule is Cn1nccc1-c1ccc(C(=O)N2C(=NCCC(C)(C)C)NC(F)c3ncnn3-c3cc(ccc3Cl)[C@H]2COC(=O)NC2(C(F)(F)F)CC2)cc1. The van der Waals surface area contributed by atoms with Crippen LogP contribution in [-0.2, 0) is 11.8 Å². The Morgan fingerprint density at radius 2 is 1.82 bits per heavy atom. The maximum Gasteiger partial charge on any atom is 0.411 e. The summed E-state index contributed by atoms with van der Waals surface area (Å²) in [5, 5.41) is 13.1. The Hall–Kier alpha value is -4.99. The van der Waals surface area contributed by atoms with Crippen LogP contribution in [0.2, 0.25) is 5.02 Å². The summed E-state index contributed by atoms with van der Waals surface area (Å²) in [6, 6.07) is 11.8. The lowest BCUT2D eigenvalue weighted by Crippen LogP contribution is -2.51. The molecule has 4 aromatic rings. The van der Waals surface area contributed by atoms with Crippen LogP contribution < -0.4 is 10.6 Å². The molecule has 2 aromatic heterocycles. The predicted molar refractivity (Wildman–Crippen MR) is 180 cm³/mol. The van der Waals surface area contributed by atoms with E-state index in [2.05, 4.69) is 25.5 Å². The Balaban J connectivity index is 1.46. The molecule has 2 aromatic carbocycles. The van der Waals surface area contributed by atoms with Crippen molar-refractivity contribution >= 4 is 29.6 Å². The third-order valence-corrected chi connectivity index (χ3v) is 9.10. The number of guanidine groups is 1. The average molecular weight is 730 g/mol. The highest BCUT2D eigenvalue weighted by Crippen LogP contribution is 2.49. The number of carbonyl (C=O) groups excluding carboxylic acids is 2. The first-order chi connectivity index (χ1) is 24.1. The van der Waals surface area contributed by atoms with Crippen molar-refractivity contribution in [3.63, 3.8) is 0 Å². The molecule has 2 amide bonds. The van der Waals surface area contributed by atoms with Gasteiger partial charge >= 0.3 is 12.3 Å². The molecule has 3 heterocycles. The van der Waals surface area contributed by atoms with Crippen molar-refractivity contribution in [2.45, 2.75) is 64.1 Å². The highest BCUT2D eigenvalue weighted by molar-refractivity contribution is 6.32. The topological polar surface area (TPSA) is 132 Å². The van der Waals surface area contributed by atoms with Crippen molar-refractivity contribution in [1.29, 1.82) is 0 Å². The van der Waals surface area contributed by atoms with Gasteiger partial charge in [-0.25, -0.2) is 18.9 Å². The van der Waals surface area contributed by atoms with Gasteiger partial charge in [0.2, 0.25) is 12.3 Å². The molecule has 2 aliphatic rings. The fraction of sp³-hybridized carbons (Fsp3) is 0.412. The molecule has 6 rings (SSSR count). The molecular formula is C34H36ClF4N9O3. The molecule has 1 aliphatic carbocycles. The van der Waals surface area contributed by atoms with Crippen LogP contribution in [0.1, 0.15) is 74.1 Å². The van der Waals surface area contributed by atoms with Crippen molar-refractivity contribution in [3.8, 4) is 16.9 Å². The number of aryl methyl sites for hydroxylation is 1. The standard InChI is InChI=1S/C34H36ClF4N9O3/c1-32(2,3)14-16-40-30-44-27(36)28-41-19-43-48(28)25-17-22(9-10-23(25)35)26(18-51-31(50)45-33(12-13-33)34(37,38)39)47(30)29(49)21-7-5-20(6-8-21)24-11-15-42-46(24)4/h5-11,15,17,19,26-27H,12-14,16,18H2,1-4H3,(H,40,44)(H,45,50)/t26-,27?/m1/s1. The summed E-state index contributed by atoms with van der Waals surface area (Å²) >= 11 is 6.54. The number of fused-ring (bicyclic) bond motifs is 4. The molecule has 0 saturated heterocycles. The quantitative estimate of drug-likeness (QED) is 0.160. The zero-order valence-electron chi connectivity index (χ0n) is 28.2. The lowest BCUT2D eigenvalue weighted by Gasteiger charge is -2.35. The second-order valence-electron chi connectivity index (χ2n) is 13.7. The Bertz CT molecular complexity index is 1950. The fourth-order valence-electron chi connectivity index (χ4n) is 5.65. The van der Waals surface area contributed by atoms with Crippen LogP contribution in [0.25, 0.3) is 16.9 Å². The molecule has 270 valence electrons. The summed E-state index contributed by atoms with van der Waals surface area (Å²) in [7, 11) is 1.78. The molecule has 51 heavy (non-hydrogen) atoms. The Kier molecular flexibility index (Phi) is 9.57. The average Bonchev–Trinajstić information content (AvgIpc) is 3.48. The Morgan fingerprint density at radius 1 is 1.10 bits per heavy atom. The molecule has 2 bridgehead atoms. The van der Waals surface area contributed by atoms with Crippen LogP contribution in [0.15, 0.2) is 66.0 Å². The van der Waals surface area contributed by atoms with E-state index >= 15 is 4.39 Å². The minimum atomic E-state index is -4.68. The summed E-state index contributed by atoms with van der Waals surface area (Å²) in [6.07, 6.45) is -5.32. The van der Waals surface area contributed by atoms with Crippen molar-refractivity contribution in [2.75, 3.05) is 13.2 Å². The molecule has 0 radical (unpaired) electrons. The van der Waals surface area contributed by atoms with E-state index in [0.29, 0.717) is 12.0 Å². The first-order valence-corrected chi connectivity index (χ1v) is 16.5. The molecule has 12 nitrogen and oxygen atoms in total. The predicted octanol–water partition coefficient (Wildman–Crippen LogP) is 6.69. The third-order valence-electron chi connectivity index (χ3n) is 8.78. The second-order valence-corrected chi connectivity index (χ2v) is 14.1. The highest BCUT2D eigenvalue weighted by atomic mass is 35.5. The van der Waals surface area contributed by atoms with Crippen LogP contribution in [-0.4, -0.2) is 72.3 Å². The van der Waals surface area contributed by atoms with Gasteiger partial charge in [0.25, 0.3) is 5.91 Å². The molecule has 2 N–H and O–H groups in total. The van der Waals surface area contributed by atoms with Crippen LogP contribution in [0.4, 0.5) is 22.4 Å². The van der Waals surface area contributed by atoms with Crippen LogP contribution in [0.3, 0.4) is 0 Å². The van der Waals surface area contributed by atoms with Gasteiger partial charge in [0.15, 0.2) is 5.82 Å². The smallest absolute Gasteiger partial charge is 0.411 e. The molecule has 1 fully saturated rings. The maximum atomic E-state index is 16.3. The number of rotatable bonds is 7. The summed E-state index contributed by atoms with van der Waals surface area (Å²) in [5.41, 5.74) is -0.301. The number of aromatic nitrogens is 5. The number of carbonyl (C=O) groups is 2. The zero-order valence-corrected chi connectivity index (χ0v) is 29.0. The van der Waals surface area contributed by atoms with E-state index in [4.69, 9.17) is 16.3 Å². The number of amides is 2. The minimum Gasteiger partial charge on any atom is -0.447 e. The van der Waals surface area contributed by atoms with Crippen LogP contribution >= 0.6 is 11.6 Å².